The van der Waals surface area contributed by atoms with E-state index in [2.05, 4.69) is 15.2 Å². The maximum Gasteiger partial charge on any atom is 0.417 e. The van der Waals surface area contributed by atoms with Gasteiger partial charge < -0.3 is 5.11 Å². The van der Waals surface area contributed by atoms with Gasteiger partial charge in [-0.2, -0.15) is 10.2 Å². The van der Waals surface area contributed by atoms with Gasteiger partial charge in [-0.15, -0.1) is 0 Å². The molecule has 0 fully saturated rings. The molecule has 1 N–H and O–H groups in total. The highest BCUT2D eigenvalue weighted by Gasteiger charge is 2.23. The van der Waals surface area contributed by atoms with E-state index in [9.17, 15) is 9.90 Å². The normalized spacial score (nSPS) is 10.9. The fourth-order valence-corrected chi connectivity index (χ4v) is 2.08. The van der Waals surface area contributed by atoms with Crippen LogP contribution in [-0.4, -0.2) is 35.6 Å². The van der Waals surface area contributed by atoms with E-state index in [1.165, 1.54) is 21.6 Å². The lowest BCUT2D eigenvalue weighted by Gasteiger charge is -2.17. The summed E-state index contributed by atoms with van der Waals surface area (Å²) in [5.41, 5.74) is 0.670. The smallest absolute Gasteiger partial charge is 0.417 e. The van der Waals surface area contributed by atoms with Crippen LogP contribution in [0, 0.1) is 0 Å². The van der Waals surface area contributed by atoms with E-state index in [1.807, 2.05) is 0 Å². The molecular formula is C11H9ClN6O2. The molecule has 0 aliphatic rings. The van der Waals surface area contributed by atoms with Gasteiger partial charge in [0.2, 0.25) is 0 Å². The number of halogens is 1. The first-order valence-electron chi connectivity index (χ1n) is 5.58. The van der Waals surface area contributed by atoms with Gasteiger partial charge >= 0.3 is 6.09 Å². The lowest BCUT2D eigenvalue weighted by Crippen LogP contribution is -2.25. The number of carboxylic acid groups (broad SMARTS) is 1. The van der Waals surface area contributed by atoms with Crippen molar-refractivity contribution in [1.29, 1.82) is 0 Å². The lowest BCUT2D eigenvalue weighted by molar-refractivity contribution is 0.204. The third-order valence-corrected chi connectivity index (χ3v) is 2.89. The minimum Gasteiger partial charge on any atom is -0.464 e. The van der Waals surface area contributed by atoms with Crippen molar-refractivity contribution in [2.45, 2.75) is 0 Å². The van der Waals surface area contributed by atoms with Gasteiger partial charge in [0.05, 0.1) is 5.02 Å². The first kappa shape index (κ1) is 12.4. The molecule has 20 heavy (non-hydrogen) atoms. The van der Waals surface area contributed by atoms with Crippen LogP contribution < -0.4 is 4.90 Å². The third-order valence-electron chi connectivity index (χ3n) is 2.68. The molecule has 0 radical (unpaired) electrons. The van der Waals surface area contributed by atoms with Gasteiger partial charge in [0, 0.05) is 25.5 Å². The largest absolute Gasteiger partial charge is 0.464 e. The van der Waals surface area contributed by atoms with E-state index >= 15 is 0 Å². The Bertz CT molecular complexity index is 795. The molecule has 0 atom stereocenters. The van der Waals surface area contributed by atoms with Gasteiger partial charge in [-0.1, -0.05) is 11.6 Å². The molecule has 0 unspecified atom stereocenters. The number of aromatic nitrogens is 5. The molecule has 1 amide bonds. The summed E-state index contributed by atoms with van der Waals surface area (Å²) >= 11 is 5.99. The number of aryl methyl sites for hydroxylation is 1. The van der Waals surface area contributed by atoms with E-state index in [4.69, 9.17) is 11.6 Å². The Morgan fingerprint density at radius 3 is 2.95 bits per heavy atom. The lowest BCUT2D eigenvalue weighted by atomic mass is 10.3. The molecule has 3 heterocycles. The van der Waals surface area contributed by atoms with Crippen molar-refractivity contribution in [2.24, 2.45) is 7.05 Å². The van der Waals surface area contributed by atoms with E-state index in [0.717, 1.165) is 4.90 Å². The Morgan fingerprint density at radius 1 is 1.50 bits per heavy atom. The molecule has 0 bridgehead atoms. The fourth-order valence-electron chi connectivity index (χ4n) is 1.89. The second-order valence-corrected chi connectivity index (χ2v) is 4.47. The first-order chi connectivity index (χ1) is 9.56. The van der Waals surface area contributed by atoms with E-state index in [0.29, 0.717) is 16.4 Å². The van der Waals surface area contributed by atoms with Gasteiger partial charge in [-0.3, -0.25) is 4.68 Å². The van der Waals surface area contributed by atoms with Crippen molar-refractivity contribution in [3.8, 4) is 0 Å². The zero-order valence-corrected chi connectivity index (χ0v) is 11.1. The van der Waals surface area contributed by atoms with E-state index in [-0.39, 0.29) is 5.82 Å². The number of hydrogen-bond donors (Lipinski definition) is 1. The monoisotopic (exact) mass is 292 g/mol. The Morgan fingerprint density at radius 2 is 2.30 bits per heavy atom. The number of carbonyl (C=O) groups is 1. The van der Waals surface area contributed by atoms with E-state index < -0.39 is 6.09 Å². The molecule has 3 rings (SSSR count). The average molecular weight is 293 g/mol. The van der Waals surface area contributed by atoms with Crippen LogP contribution in [0.1, 0.15) is 0 Å². The molecule has 0 aliphatic heterocycles. The molecule has 0 saturated carbocycles. The van der Waals surface area contributed by atoms with Gasteiger partial charge in [-0.25, -0.2) is 19.2 Å². The predicted octanol–water partition coefficient (Wildman–Crippen LogP) is 1.93. The van der Waals surface area contributed by atoms with Gasteiger partial charge in [0.1, 0.15) is 12.0 Å². The van der Waals surface area contributed by atoms with E-state index in [1.54, 1.807) is 25.5 Å². The maximum absolute atomic E-state index is 11.6. The van der Waals surface area contributed by atoms with Crippen molar-refractivity contribution in [1.82, 2.24) is 24.4 Å². The second-order valence-electron chi connectivity index (χ2n) is 4.04. The Labute approximate surface area is 117 Å². The van der Waals surface area contributed by atoms with Crippen LogP contribution in [0.3, 0.4) is 0 Å². The number of fused-ring (bicyclic) bond motifs is 1. The summed E-state index contributed by atoms with van der Waals surface area (Å²) < 4.78 is 2.92. The number of rotatable bonds is 2. The highest BCUT2D eigenvalue weighted by Crippen LogP contribution is 2.29. The van der Waals surface area contributed by atoms with Crippen LogP contribution in [0.5, 0.6) is 0 Å². The minimum absolute atomic E-state index is 0.257. The summed E-state index contributed by atoms with van der Waals surface area (Å²) in [6.07, 6.45) is 3.34. The van der Waals surface area contributed by atoms with Crippen LogP contribution in [0.4, 0.5) is 16.3 Å². The standard InChI is InChI=1S/C11H9ClN6O2/c1-16-3-2-9(15-16)18(11(19)20)8-4-7(12)5-17-10(8)13-6-14-17/h2-6H,1H3,(H,19,20). The van der Waals surface area contributed by atoms with Crippen LogP contribution in [0.15, 0.2) is 30.9 Å². The zero-order chi connectivity index (χ0) is 14.3. The number of hydrogen-bond acceptors (Lipinski definition) is 4. The maximum atomic E-state index is 11.6. The second kappa shape index (κ2) is 4.49. The molecule has 102 valence electrons. The Balaban J connectivity index is 2.24. The Kier molecular flexibility index (Phi) is 2.79. The fraction of sp³-hybridized carbons (Fsp3) is 0.0909. The zero-order valence-electron chi connectivity index (χ0n) is 10.3. The summed E-state index contributed by atoms with van der Waals surface area (Å²) in [7, 11) is 1.70. The molecular weight excluding hydrogens is 284 g/mol. The quantitative estimate of drug-likeness (QED) is 0.779. The highest BCUT2D eigenvalue weighted by molar-refractivity contribution is 6.31. The van der Waals surface area contributed by atoms with Crippen molar-refractivity contribution in [3.63, 3.8) is 0 Å². The molecule has 3 aromatic heterocycles. The highest BCUT2D eigenvalue weighted by atomic mass is 35.5. The summed E-state index contributed by atoms with van der Waals surface area (Å²) in [5.74, 6) is 0.257. The SMILES string of the molecule is Cn1ccc(N(C(=O)O)c2cc(Cl)cn3ncnc23)n1. The van der Waals surface area contributed by atoms with Crippen molar-refractivity contribution in [3.05, 3.63) is 35.9 Å². The topological polar surface area (TPSA) is 88.5 Å². The Hall–Kier alpha value is -2.61. The number of anilines is 2. The van der Waals surface area contributed by atoms with Crippen molar-refractivity contribution in [2.75, 3.05) is 4.90 Å². The van der Waals surface area contributed by atoms with Crippen molar-refractivity contribution < 1.29 is 9.90 Å². The summed E-state index contributed by atoms with van der Waals surface area (Å²) in [5, 5.41) is 17.8. The molecule has 0 aromatic carbocycles. The van der Waals surface area contributed by atoms with Crippen LogP contribution in [0.2, 0.25) is 5.02 Å². The van der Waals surface area contributed by atoms with Crippen molar-refractivity contribution >= 4 is 34.8 Å². The van der Waals surface area contributed by atoms with Crippen LogP contribution in [-0.2, 0) is 7.05 Å². The first-order valence-corrected chi connectivity index (χ1v) is 5.95. The summed E-state index contributed by atoms with van der Waals surface area (Å²) in [4.78, 5) is 16.6. The van der Waals surface area contributed by atoms with Gasteiger partial charge in [0.15, 0.2) is 11.5 Å². The number of amides is 1. The average Bonchev–Trinajstić information content (AvgIpc) is 2.97. The molecule has 0 saturated heterocycles. The molecule has 8 nitrogen and oxygen atoms in total. The summed E-state index contributed by atoms with van der Waals surface area (Å²) in [6, 6.07) is 3.09. The third kappa shape index (κ3) is 1.95. The number of nitrogens with zero attached hydrogens (tertiary/aromatic N) is 6. The minimum atomic E-state index is -1.18. The molecule has 9 heteroatoms. The molecule has 0 spiro atoms. The predicted molar refractivity (Wildman–Crippen MR) is 71.4 cm³/mol. The van der Waals surface area contributed by atoms with Crippen LogP contribution >= 0.6 is 11.6 Å². The van der Waals surface area contributed by atoms with Gasteiger partial charge in [0.25, 0.3) is 0 Å². The van der Waals surface area contributed by atoms with Gasteiger partial charge in [-0.05, 0) is 6.07 Å². The summed E-state index contributed by atoms with van der Waals surface area (Å²) in [6.45, 7) is 0. The molecule has 0 aliphatic carbocycles. The van der Waals surface area contributed by atoms with Crippen LogP contribution in [0.25, 0.3) is 5.65 Å². The number of pyridine rings is 1. The molecule has 3 aromatic rings.